The average molecular weight is 370 g/mol. The largest absolute Gasteiger partial charge is 0.867 e. The number of nitrogens with one attached hydrogen (secondary N) is 1. The molecule has 0 saturated carbocycles. The number of hydrogen-bond acceptors (Lipinski definition) is 6. The summed E-state index contributed by atoms with van der Waals surface area (Å²) in [4.78, 5) is 26.3. The summed E-state index contributed by atoms with van der Waals surface area (Å²) in [5.74, 6) is -1.43. The standard InChI is InChI=1S/C17H11ClN4O4/c18-12-7-11(16(23)15(8-12)22(25)26)9-19-21-17(24)14-6-5-10-3-1-2-4-13(10)20-14/h1-9,23H,(H,21,24)/p-1/b19-9-. The molecule has 3 rings (SSSR count). The van der Waals surface area contributed by atoms with E-state index in [9.17, 15) is 20.0 Å². The summed E-state index contributed by atoms with van der Waals surface area (Å²) in [6.07, 6.45) is 1.00. The number of para-hydroxylation sites is 1. The Labute approximate surface area is 151 Å². The van der Waals surface area contributed by atoms with Crippen molar-refractivity contribution >= 4 is 40.3 Å². The zero-order valence-corrected chi connectivity index (χ0v) is 13.8. The van der Waals surface area contributed by atoms with Gasteiger partial charge >= 0.3 is 0 Å². The Balaban J connectivity index is 1.79. The highest BCUT2D eigenvalue weighted by molar-refractivity contribution is 6.31. The molecule has 0 aliphatic rings. The van der Waals surface area contributed by atoms with Crippen molar-refractivity contribution in [1.82, 2.24) is 10.4 Å². The molecule has 0 unspecified atom stereocenters. The molecule has 1 N–H and O–H groups in total. The Morgan fingerprint density at radius 1 is 1.23 bits per heavy atom. The van der Waals surface area contributed by atoms with Crippen molar-refractivity contribution in [3.05, 3.63) is 74.9 Å². The number of amides is 1. The zero-order chi connectivity index (χ0) is 18.7. The van der Waals surface area contributed by atoms with Gasteiger partial charge in [-0.15, -0.1) is 0 Å². The molecule has 0 saturated heterocycles. The molecule has 1 aromatic heterocycles. The maximum Gasteiger partial charge on any atom is 0.289 e. The molecule has 3 aromatic rings. The van der Waals surface area contributed by atoms with Crippen LogP contribution in [0.1, 0.15) is 16.1 Å². The van der Waals surface area contributed by atoms with Gasteiger partial charge in [-0.25, -0.2) is 10.4 Å². The van der Waals surface area contributed by atoms with E-state index in [1.165, 1.54) is 12.1 Å². The quantitative estimate of drug-likeness (QED) is 0.430. The summed E-state index contributed by atoms with van der Waals surface area (Å²) in [5, 5.41) is 27.3. The van der Waals surface area contributed by atoms with Crippen molar-refractivity contribution in [2.45, 2.75) is 0 Å². The lowest BCUT2D eigenvalue weighted by atomic mass is 10.2. The summed E-state index contributed by atoms with van der Waals surface area (Å²) >= 11 is 5.76. The molecule has 0 fully saturated rings. The molecular weight excluding hydrogens is 360 g/mol. The van der Waals surface area contributed by atoms with E-state index in [1.807, 2.05) is 12.1 Å². The fourth-order valence-electron chi connectivity index (χ4n) is 2.24. The third-order valence-electron chi connectivity index (χ3n) is 3.46. The topological polar surface area (TPSA) is 121 Å². The highest BCUT2D eigenvalue weighted by atomic mass is 35.5. The summed E-state index contributed by atoms with van der Waals surface area (Å²) in [5.41, 5.74) is 2.23. The number of nitrogens with zero attached hydrogens (tertiary/aromatic N) is 3. The summed E-state index contributed by atoms with van der Waals surface area (Å²) in [7, 11) is 0. The maximum absolute atomic E-state index is 12.1. The van der Waals surface area contributed by atoms with Gasteiger partial charge in [0.15, 0.2) is 0 Å². The van der Waals surface area contributed by atoms with Crippen LogP contribution in [0.25, 0.3) is 10.9 Å². The molecule has 0 radical (unpaired) electrons. The number of carbonyl (C=O) groups excluding carboxylic acids is 1. The van der Waals surface area contributed by atoms with Crippen LogP contribution in [-0.2, 0) is 0 Å². The molecule has 0 aliphatic heterocycles. The van der Waals surface area contributed by atoms with Gasteiger partial charge in [0.05, 0.1) is 16.7 Å². The third-order valence-corrected chi connectivity index (χ3v) is 3.68. The predicted octanol–water partition coefficient (Wildman–Crippen LogP) is 2.63. The molecule has 26 heavy (non-hydrogen) atoms. The van der Waals surface area contributed by atoms with Crippen LogP contribution in [0.4, 0.5) is 5.69 Å². The maximum atomic E-state index is 12.1. The normalized spacial score (nSPS) is 11.0. The first-order valence-electron chi connectivity index (χ1n) is 7.30. The third kappa shape index (κ3) is 3.60. The monoisotopic (exact) mass is 369 g/mol. The lowest BCUT2D eigenvalue weighted by molar-refractivity contribution is -0.398. The molecule has 0 aliphatic carbocycles. The van der Waals surface area contributed by atoms with Crippen LogP contribution in [0.3, 0.4) is 0 Å². The smallest absolute Gasteiger partial charge is 0.289 e. The Morgan fingerprint density at radius 2 is 2.00 bits per heavy atom. The number of nitro groups is 1. The van der Waals surface area contributed by atoms with E-state index < -0.39 is 22.3 Å². The number of rotatable bonds is 4. The van der Waals surface area contributed by atoms with E-state index in [0.29, 0.717) is 5.52 Å². The summed E-state index contributed by atoms with van der Waals surface area (Å²) < 4.78 is 0. The van der Waals surface area contributed by atoms with Gasteiger partial charge in [-0.3, -0.25) is 14.9 Å². The number of nitro benzene ring substituents is 1. The predicted molar refractivity (Wildman–Crippen MR) is 94.4 cm³/mol. The number of pyridine rings is 1. The molecule has 0 bridgehead atoms. The molecule has 1 amide bonds. The fourth-order valence-corrected chi connectivity index (χ4v) is 2.46. The molecule has 1 heterocycles. The second-order valence-corrected chi connectivity index (χ2v) is 5.63. The van der Waals surface area contributed by atoms with E-state index in [4.69, 9.17) is 11.6 Å². The van der Waals surface area contributed by atoms with Crippen molar-refractivity contribution in [3.8, 4) is 5.75 Å². The second-order valence-electron chi connectivity index (χ2n) is 5.19. The van der Waals surface area contributed by atoms with E-state index >= 15 is 0 Å². The molecule has 0 atom stereocenters. The van der Waals surface area contributed by atoms with Crippen molar-refractivity contribution in [2.75, 3.05) is 0 Å². The first-order chi connectivity index (χ1) is 12.5. The van der Waals surface area contributed by atoms with Gasteiger partial charge in [0.2, 0.25) is 0 Å². The molecule has 2 aromatic carbocycles. The second kappa shape index (κ2) is 7.16. The van der Waals surface area contributed by atoms with E-state index in [2.05, 4.69) is 15.5 Å². The van der Waals surface area contributed by atoms with Crippen LogP contribution in [0.15, 0.2) is 53.6 Å². The van der Waals surface area contributed by atoms with Crippen LogP contribution in [0.2, 0.25) is 5.02 Å². The fraction of sp³-hybridized carbons (Fsp3) is 0. The number of aromatic nitrogens is 1. The van der Waals surface area contributed by atoms with Gasteiger partial charge in [0.1, 0.15) is 5.69 Å². The van der Waals surface area contributed by atoms with Gasteiger partial charge in [-0.2, -0.15) is 5.10 Å². The Morgan fingerprint density at radius 3 is 2.77 bits per heavy atom. The van der Waals surface area contributed by atoms with E-state index in [-0.39, 0.29) is 16.3 Å². The SMILES string of the molecule is O=C(N/N=C\c1cc(Cl)cc([N+](=O)[O-])c1[O-])c1ccc2ccccc2n1. The molecular formula is C17H10ClN4O4-. The van der Waals surface area contributed by atoms with Crippen LogP contribution >= 0.6 is 11.6 Å². The van der Waals surface area contributed by atoms with Crippen molar-refractivity contribution < 1.29 is 14.8 Å². The Kier molecular flexibility index (Phi) is 4.76. The summed E-state index contributed by atoms with van der Waals surface area (Å²) in [6.45, 7) is 0. The van der Waals surface area contributed by atoms with Gasteiger partial charge in [-0.1, -0.05) is 35.9 Å². The zero-order valence-electron chi connectivity index (χ0n) is 13.0. The van der Waals surface area contributed by atoms with Crippen molar-refractivity contribution in [3.63, 3.8) is 0 Å². The minimum atomic E-state index is -0.846. The van der Waals surface area contributed by atoms with Crippen LogP contribution in [-0.4, -0.2) is 22.0 Å². The number of hydrazone groups is 1. The molecule has 8 nitrogen and oxygen atoms in total. The van der Waals surface area contributed by atoms with Gasteiger partial charge in [-0.05, 0) is 29.5 Å². The van der Waals surface area contributed by atoms with Crippen LogP contribution < -0.4 is 10.5 Å². The highest BCUT2D eigenvalue weighted by Gasteiger charge is 2.12. The molecule has 9 heteroatoms. The first kappa shape index (κ1) is 17.3. The van der Waals surface area contributed by atoms with Gasteiger partial charge in [0.25, 0.3) is 11.6 Å². The first-order valence-corrected chi connectivity index (χ1v) is 7.67. The Bertz CT molecular complexity index is 1050. The minimum Gasteiger partial charge on any atom is -0.867 e. The van der Waals surface area contributed by atoms with Crippen molar-refractivity contribution in [2.24, 2.45) is 5.10 Å². The van der Waals surface area contributed by atoms with Gasteiger partial charge < -0.3 is 5.11 Å². The van der Waals surface area contributed by atoms with Gasteiger partial charge in [0, 0.05) is 16.5 Å². The number of carbonyl (C=O) groups is 1. The molecule has 0 spiro atoms. The number of halogens is 1. The lowest BCUT2D eigenvalue weighted by Crippen LogP contribution is -2.19. The van der Waals surface area contributed by atoms with Crippen molar-refractivity contribution in [1.29, 1.82) is 0 Å². The number of hydrogen-bond donors (Lipinski definition) is 1. The highest BCUT2D eigenvalue weighted by Crippen LogP contribution is 2.29. The van der Waals surface area contributed by atoms with E-state index in [1.54, 1.807) is 18.2 Å². The minimum absolute atomic E-state index is 0.0141. The molecule has 130 valence electrons. The Hall–Kier alpha value is -3.52. The average Bonchev–Trinajstić information content (AvgIpc) is 2.63. The number of benzene rings is 2. The van der Waals surface area contributed by atoms with Crippen LogP contribution in [0.5, 0.6) is 5.75 Å². The number of fused-ring (bicyclic) bond motifs is 1. The van der Waals surface area contributed by atoms with E-state index in [0.717, 1.165) is 17.7 Å². The summed E-state index contributed by atoms with van der Waals surface area (Å²) in [6, 6.07) is 12.8. The lowest BCUT2D eigenvalue weighted by Gasteiger charge is -2.10. The van der Waals surface area contributed by atoms with Crippen LogP contribution in [0, 0.1) is 10.1 Å².